The van der Waals surface area contributed by atoms with E-state index >= 15 is 0 Å². The molecule has 3 unspecified atom stereocenters. The van der Waals surface area contributed by atoms with Crippen LogP contribution in [0.1, 0.15) is 34.3 Å². The Morgan fingerprint density at radius 3 is 2.45 bits per heavy atom. The molecule has 3 aliphatic rings. The lowest BCUT2D eigenvalue weighted by Crippen LogP contribution is -2.43. The number of primary amides is 1. The standard InChI is InChI=1S/C22H25N3O6/c1-25(2)12-5-10(7-23)18(27)16-11(12)4-8-3-9-6-13(26)17(22(24)31)21(30)15(9)19(28)14(8)20(16)29/h5,8-9,15,26-28H,3-4,6-7,23H2,1-2H3,(H2,24,31). The number of rotatable bonds is 3. The molecule has 3 atom stereocenters. The third kappa shape index (κ3) is 2.91. The van der Waals surface area contributed by atoms with E-state index in [0.717, 1.165) is 5.69 Å². The van der Waals surface area contributed by atoms with Crippen LogP contribution in [0.15, 0.2) is 28.7 Å². The number of nitrogens with zero attached hydrogens (tertiary/aromatic N) is 1. The van der Waals surface area contributed by atoms with Crippen molar-refractivity contribution in [1.82, 2.24) is 0 Å². The van der Waals surface area contributed by atoms with Crippen molar-refractivity contribution in [2.24, 2.45) is 29.2 Å². The monoisotopic (exact) mass is 427 g/mol. The number of amides is 1. The summed E-state index contributed by atoms with van der Waals surface area (Å²) < 4.78 is 0. The van der Waals surface area contributed by atoms with E-state index in [0.29, 0.717) is 24.0 Å². The lowest BCUT2D eigenvalue weighted by atomic mass is 9.62. The number of hydrogen-bond acceptors (Lipinski definition) is 8. The molecule has 1 aromatic carbocycles. The molecule has 31 heavy (non-hydrogen) atoms. The maximum absolute atomic E-state index is 13.5. The van der Waals surface area contributed by atoms with Crippen LogP contribution in [-0.2, 0) is 22.6 Å². The predicted octanol–water partition coefficient (Wildman–Crippen LogP) is 0.990. The molecule has 0 fully saturated rings. The molecule has 0 saturated carbocycles. The number of phenolic OH excluding ortho intramolecular Hbond substituents is 1. The molecule has 0 aliphatic heterocycles. The zero-order valence-corrected chi connectivity index (χ0v) is 17.3. The number of aliphatic hydroxyl groups is 2. The smallest absolute Gasteiger partial charge is 0.255 e. The van der Waals surface area contributed by atoms with Gasteiger partial charge in [0.15, 0.2) is 11.6 Å². The molecule has 164 valence electrons. The van der Waals surface area contributed by atoms with E-state index in [1.54, 1.807) is 6.07 Å². The molecule has 0 bridgehead atoms. The first-order valence-corrected chi connectivity index (χ1v) is 10.1. The Hall–Kier alpha value is -3.33. The van der Waals surface area contributed by atoms with Crippen molar-refractivity contribution >= 4 is 23.2 Å². The molecule has 0 spiro atoms. The minimum absolute atomic E-state index is 0.0153. The molecule has 9 heteroatoms. The molecule has 1 aromatic rings. The summed E-state index contributed by atoms with van der Waals surface area (Å²) in [7, 11) is 3.65. The maximum Gasteiger partial charge on any atom is 0.255 e. The van der Waals surface area contributed by atoms with Gasteiger partial charge in [0.25, 0.3) is 5.91 Å². The molecule has 9 nitrogen and oxygen atoms in total. The highest BCUT2D eigenvalue weighted by Gasteiger charge is 2.50. The number of anilines is 1. The number of Topliss-reactive ketones (excluding diaryl/α,β-unsaturated/α-hetero) is 2. The van der Waals surface area contributed by atoms with Gasteiger partial charge in [-0.05, 0) is 36.3 Å². The molecule has 0 radical (unpaired) electrons. The summed E-state index contributed by atoms with van der Waals surface area (Å²) in [4.78, 5) is 39.8. The Labute approximate surface area is 178 Å². The van der Waals surface area contributed by atoms with E-state index < -0.39 is 40.6 Å². The van der Waals surface area contributed by atoms with Crippen LogP contribution < -0.4 is 16.4 Å². The Morgan fingerprint density at radius 2 is 1.87 bits per heavy atom. The van der Waals surface area contributed by atoms with Gasteiger partial charge in [-0.2, -0.15) is 0 Å². The topological polar surface area (TPSA) is 167 Å². The third-order valence-corrected chi connectivity index (χ3v) is 6.64. The average Bonchev–Trinajstić information content (AvgIpc) is 2.66. The summed E-state index contributed by atoms with van der Waals surface area (Å²) in [5.41, 5.74) is 12.4. The minimum Gasteiger partial charge on any atom is -0.511 e. The number of aliphatic hydroxyl groups excluding tert-OH is 2. The van der Waals surface area contributed by atoms with Crippen LogP contribution in [0.2, 0.25) is 0 Å². The Bertz CT molecular complexity index is 1100. The highest BCUT2D eigenvalue weighted by Crippen LogP contribution is 2.51. The van der Waals surface area contributed by atoms with E-state index in [1.807, 2.05) is 19.0 Å². The second kappa shape index (κ2) is 7.12. The predicted molar refractivity (Wildman–Crippen MR) is 112 cm³/mol. The number of aromatic hydroxyl groups is 1. The van der Waals surface area contributed by atoms with Crippen molar-refractivity contribution in [2.45, 2.75) is 25.8 Å². The largest absolute Gasteiger partial charge is 0.511 e. The molecule has 3 aliphatic carbocycles. The molecule has 0 saturated heterocycles. The van der Waals surface area contributed by atoms with Gasteiger partial charge < -0.3 is 31.7 Å². The quantitative estimate of drug-likeness (QED) is 0.445. The van der Waals surface area contributed by atoms with Gasteiger partial charge in [-0.15, -0.1) is 0 Å². The van der Waals surface area contributed by atoms with Crippen LogP contribution in [-0.4, -0.2) is 46.9 Å². The second-order valence-corrected chi connectivity index (χ2v) is 8.61. The summed E-state index contributed by atoms with van der Waals surface area (Å²) >= 11 is 0. The Kier molecular flexibility index (Phi) is 4.81. The third-order valence-electron chi connectivity index (χ3n) is 6.64. The first-order chi connectivity index (χ1) is 14.6. The Morgan fingerprint density at radius 1 is 1.19 bits per heavy atom. The SMILES string of the molecule is CN(C)c1cc(CN)c(O)c2c1CC1CC3CC(O)=C(C(N)=O)C(=O)C3C(O)=C1C2=O. The number of benzene rings is 1. The van der Waals surface area contributed by atoms with Gasteiger partial charge in [0.2, 0.25) is 0 Å². The van der Waals surface area contributed by atoms with Crippen molar-refractivity contribution in [2.75, 3.05) is 19.0 Å². The molecular formula is C22H25N3O6. The lowest BCUT2D eigenvalue weighted by Gasteiger charge is -2.41. The van der Waals surface area contributed by atoms with Gasteiger partial charge in [-0.1, -0.05) is 0 Å². The average molecular weight is 427 g/mol. The normalized spacial score (nSPS) is 25.2. The molecule has 0 heterocycles. The van der Waals surface area contributed by atoms with Crippen molar-refractivity contribution < 1.29 is 29.7 Å². The number of nitrogens with two attached hydrogens (primary N) is 2. The van der Waals surface area contributed by atoms with Gasteiger partial charge in [0, 0.05) is 43.9 Å². The molecule has 0 aromatic heterocycles. The van der Waals surface area contributed by atoms with Gasteiger partial charge in [-0.3, -0.25) is 14.4 Å². The number of carbonyl (C=O) groups excluding carboxylic acids is 3. The summed E-state index contributed by atoms with van der Waals surface area (Å²) in [6, 6.07) is 1.75. The lowest BCUT2D eigenvalue weighted by molar-refractivity contribution is -0.126. The summed E-state index contributed by atoms with van der Waals surface area (Å²) in [5, 5.41) is 31.9. The van der Waals surface area contributed by atoms with Crippen LogP contribution in [0.25, 0.3) is 0 Å². The van der Waals surface area contributed by atoms with Crippen LogP contribution in [0.3, 0.4) is 0 Å². The number of fused-ring (bicyclic) bond motifs is 3. The fraction of sp³-hybridized carbons (Fsp3) is 0.409. The van der Waals surface area contributed by atoms with Crippen LogP contribution >= 0.6 is 0 Å². The van der Waals surface area contributed by atoms with E-state index in [9.17, 15) is 29.7 Å². The molecule has 1 amide bonds. The number of carbonyl (C=O) groups is 3. The van der Waals surface area contributed by atoms with E-state index in [1.165, 1.54) is 0 Å². The zero-order chi connectivity index (χ0) is 22.8. The van der Waals surface area contributed by atoms with Crippen molar-refractivity contribution in [3.63, 3.8) is 0 Å². The van der Waals surface area contributed by atoms with E-state index in [-0.39, 0.29) is 41.5 Å². The second-order valence-electron chi connectivity index (χ2n) is 8.61. The number of allylic oxidation sites excluding steroid dienone is 3. The first-order valence-electron chi connectivity index (χ1n) is 10.1. The van der Waals surface area contributed by atoms with Crippen LogP contribution in [0.4, 0.5) is 5.69 Å². The van der Waals surface area contributed by atoms with Gasteiger partial charge in [0.05, 0.1) is 11.5 Å². The van der Waals surface area contributed by atoms with E-state index in [4.69, 9.17) is 11.5 Å². The summed E-state index contributed by atoms with van der Waals surface area (Å²) in [6.07, 6.45) is 0.752. The highest BCUT2D eigenvalue weighted by molar-refractivity contribution is 6.22. The summed E-state index contributed by atoms with van der Waals surface area (Å²) in [5.74, 6) is -5.38. The number of hydrogen-bond donors (Lipinski definition) is 5. The van der Waals surface area contributed by atoms with Crippen molar-refractivity contribution in [3.05, 3.63) is 45.4 Å². The minimum atomic E-state index is -1.12. The van der Waals surface area contributed by atoms with E-state index in [2.05, 4.69) is 0 Å². The number of phenols is 1. The molecule has 7 N–H and O–H groups in total. The Balaban J connectivity index is 1.89. The zero-order valence-electron chi connectivity index (χ0n) is 17.3. The van der Waals surface area contributed by atoms with Gasteiger partial charge in [-0.25, -0.2) is 0 Å². The van der Waals surface area contributed by atoms with Crippen molar-refractivity contribution in [3.8, 4) is 5.75 Å². The fourth-order valence-corrected chi connectivity index (χ4v) is 5.30. The van der Waals surface area contributed by atoms with Crippen LogP contribution in [0.5, 0.6) is 5.75 Å². The van der Waals surface area contributed by atoms with Gasteiger partial charge in [0.1, 0.15) is 22.8 Å². The van der Waals surface area contributed by atoms with Crippen molar-refractivity contribution in [1.29, 1.82) is 0 Å². The van der Waals surface area contributed by atoms with Gasteiger partial charge >= 0.3 is 0 Å². The first kappa shape index (κ1) is 20.9. The summed E-state index contributed by atoms with van der Waals surface area (Å²) in [6.45, 7) is 0.0247. The molecular weight excluding hydrogens is 402 g/mol. The fourth-order valence-electron chi connectivity index (χ4n) is 5.30. The molecule has 4 rings (SSSR count). The highest BCUT2D eigenvalue weighted by atomic mass is 16.3. The number of ketones is 2. The van der Waals surface area contributed by atoms with Crippen LogP contribution in [0, 0.1) is 17.8 Å². The maximum atomic E-state index is 13.5.